The predicted octanol–water partition coefficient (Wildman–Crippen LogP) is 2.79. The fraction of sp³-hybridized carbons (Fsp3) is 0.222. The molecule has 5 nitrogen and oxygen atoms in total. The quantitative estimate of drug-likeness (QED) is 0.595. The van der Waals surface area contributed by atoms with Gasteiger partial charge in [-0.1, -0.05) is 74.5 Å². The van der Waals surface area contributed by atoms with Crippen molar-refractivity contribution in [3.05, 3.63) is 101 Å². The maximum absolute atomic E-state index is 13.9. The highest BCUT2D eigenvalue weighted by atomic mass is 16.4. The second-order valence-corrected chi connectivity index (χ2v) is 9.30. The summed E-state index contributed by atoms with van der Waals surface area (Å²) in [4.78, 5) is 40.2. The molecular formula is C27H20NO4-. The van der Waals surface area contributed by atoms with Crippen LogP contribution in [0, 0.1) is 11.8 Å². The highest BCUT2D eigenvalue weighted by molar-refractivity contribution is 6.24. The van der Waals surface area contributed by atoms with Gasteiger partial charge in [0.15, 0.2) is 0 Å². The van der Waals surface area contributed by atoms with Crippen LogP contribution >= 0.6 is 0 Å². The summed E-state index contributed by atoms with van der Waals surface area (Å²) in [5.74, 6) is -2.85. The zero-order chi connectivity index (χ0) is 22.4. The van der Waals surface area contributed by atoms with Crippen molar-refractivity contribution in [1.82, 2.24) is 0 Å². The number of carboxylic acids is 1. The molecule has 2 bridgehead atoms. The van der Waals surface area contributed by atoms with Crippen LogP contribution in [-0.2, 0) is 20.4 Å². The Morgan fingerprint density at radius 2 is 1.09 bits per heavy atom. The van der Waals surface area contributed by atoms with E-state index in [-0.39, 0.29) is 17.4 Å². The van der Waals surface area contributed by atoms with Gasteiger partial charge in [-0.3, -0.25) is 9.59 Å². The van der Waals surface area contributed by atoms with E-state index in [1.165, 1.54) is 29.2 Å². The van der Waals surface area contributed by atoms with Crippen molar-refractivity contribution in [2.45, 2.75) is 24.7 Å². The molecule has 0 unspecified atom stereocenters. The highest BCUT2D eigenvalue weighted by Gasteiger charge is 2.70. The van der Waals surface area contributed by atoms with Crippen molar-refractivity contribution in [3.63, 3.8) is 0 Å². The maximum atomic E-state index is 13.9. The van der Waals surface area contributed by atoms with Crippen LogP contribution in [0.25, 0.3) is 0 Å². The van der Waals surface area contributed by atoms with Gasteiger partial charge >= 0.3 is 0 Å². The summed E-state index contributed by atoms with van der Waals surface area (Å²) < 4.78 is 0. The van der Waals surface area contributed by atoms with Gasteiger partial charge in [-0.05, 0) is 39.9 Å². The smallest absolute Gasteiger partial charge is 0.238 e. The third kappa shape index (κ3) is 1.97. The number of carboxylic acid groups (broad SMARTS) is 1. The summed E-state index contributed by atoms with van der Waals surface area (Å²) in [6, 6.07) is 22.0. The van der Waals surface area contributed by atoms with Crippen LogP contribution in [0.2, 0.25) is 0 Å². The number of carbonyl (C=O) groups is 3. The Bertz CT molecular complexity index is 1220. The predicted molar refractivity (Wildman–Crippen MR) is 116 cm³/mol. The normalized spacial score (nSPS) is 29.5. The number of anilines is 1. The summed E-state index contributed by atoms with van der Waals surface area (Å²) in [5, 5.41) is 11.1. The van der Waals surface area contributed by atoms with Gasteiger partial charge in [0.05, 0.1) is 23.5 Å². The first kappa shape index (κ1) is 19.0. The summed E-state index contributed by atoms with van der Waals surface area (Å²) in [7, 11) is 0. The first-order chi connectivity index (χ1) is 15.3. The molecule has 1 heterocycles. The lowest BCUT2D eigenvalue weighted by Crippen LogP contribution is -2.59. The Balaban J connectivity index is 1.60. The monoisotopic (exact) mass is 422 g/mol. The molecule has 3 aromatic carbocycles. The largest absolute Gasteiger partial charge is 0.545 e. The van der Waals surface area contributed by atoms with Crippen molar-refractivity contribution in [2.75, 3.05) is 4.90 Å². The van der Waals surface area contributed by atoms with E-state index in [0.717, 1.165) is 22.3 Å². The lowest BCUT2D eigenvalue weighted by Gasteiger charge is -2.57. The molecule has 158 valence electrons. The molecule has 3 aliphatic carbocycles. The zero-order valence-electron chi connectivity index (χ0n) is 17.7. The molecule has 0 N–H and O–H groups in total. The molecule has 2 atom stereocenters. The number of imide groups is 1. The summed E-state index contributed by atoms with van der Waals surface area (Å²) in [6.45, 7) is 4.16. The molecule has 0 radical (unpaired) electrons. The van der Waals surface area contributed by atoms with Crippen molar-refractivity contribution in [2.24, 2.45) is 11.8 Å². The molecular weight excluding hydrogens is 402 g/mol. The van der Waals surface area contributed by atoms with Crippen LogP contribution in [0.15, 0.2) is 72.8 Å². The van der Waals surface area contributed by atoms with Gasteiger partial charge in [0.1, 0.15) is 0 Å². The van der Waals surface area contributed by atoms with Crippen molar-refractivity contribution < 1.29 is 19.5 Å². The molecule has 0 saturated carbocycles. The second kappa shape index (κ2) is 5.94. The van der Waals surface area contributed by atoms with Gasteiger partial charge in [-0.25, -0.2) is 4.90 Å². The zero-order valence-corrected chi connectivity index (χ0v) is 17.7. The summed E-state index contributed by atoms with van der Waals surface area (Å²) in [6.07, 6.45) is 0. The van der Waals surface area contributed by atoms with Crippen molar-refractivity contribution in [1.29, 1.82) is 0 Å². The Kier molecular flexibility index (Phi) is 3.53. The minimum atomic E-state index is -1.30. The van der Waals surface area contributed by atoms with E-state index >= 15 is 0 Å². The number of rotatable bonds is 2. The number of hydrogen-bond acceptors (Lipinski definition) is 4. The lowest BCUT2D eigenvalue weighted by molar-refractivity contribution is -0.255. The molecule has 1 saturated heterocycles. The fourth-order valence-corrected chi connectivity index (χ4v) is 6.57. The molecule has 4 aliphatic rings. The van der Waals surface area contributed by atoms with Crippen LogP contribution in [0.1, 0.15) is 46.5 Å². The standard InChI is InChI=1S/C27H21NO4/c1-26-17-7-3-5-9-19(17)27(2,20-10-6-4-8-18(20)26)22-21(26)23(29)28(24(22)30)16-13-11-15(12-14-16)25(31)32/h3-14,21-22H,1-2H3,(H,31,32)/p-1/t21-,22-,26?,27?/m1/s1. The Morgan fingerprint density at radius 3 is 1.44 bits per heavy atom. The number of aromatic carboxylic acids is 1. The van der Waals surface area contributed by atoms with Crippen molar-refractivity contribution in [3.8, 4) is 0 Å². The average molecular weight is 422 g/mol. The Hall–Kier alpha value is -3.73. The van der Waals surface area contributed by atoms with Gasteiger partial charge in [0, 0.05) is 10.8 Å². The number of nitrogens with zero attached hydrogens (tertiary/aromatic N) is 1. The van der Waals surface area contributed by atoms with E-state index in [2.05, 4.69) is 38.1 Å². The molecule has 2 amide bonds. The Labute approximate surface area is 185 Å². The highest BCUT2D eigenvalue weighted by Crippen LogP contribution is 2.66. The minimum Gasteiger partial charge on any atom is -0.545 e. The molecule has 5 heteroatoms. The molecule has 3 aromatic rings. The molecule has 1 fully saturated rings. The maximum Gasteiger partial charge on any atom is 0.238 e. The summed E-state index contributed by atoms with van der Waals surface area (Å²) in [5.41, 5.74) is 3.50. The summed E-state index contributed by atoms with van der Waals surface area (Å²) >= 11 is 0. The van der Waals surface area contributed by atoms with E-state index in [1.54, 1.807) is 0 Å². The van der Waals surface area contributed by atoms with Crippen LogP contribution in [-0.4, -0.2) is 17.8 Å². The third-order valence-electron chi connectivity index (χ3n) is 8.00. The van der Waals surface area contributed by atoms with E-state index in [4.69, 9.17) is 0 Å². The van der Waals surface area contributed by atoms with E-state index in [1.807, 2.05) is 24.3 Å². The second-order valence-electron chi connectivity index (χ2n) is 9.30. The topological polar surface area (TPSA) is 77.5 Å². The van der Waals surface area contributed by atoms with Gasteiger partial charge < -0.3 is 9.90 Å². The van der Waals surface area contributed by atoms with E-state index in [9.17, 15) is 19.5 Å². The molecule has 7 rings (SSSR count). The molecule has 1 aliphatic heterocycles. The lowest BCUT2D eigenvalue weighted by atomic mass is 9.42. The number of amides is 2. The average Bonchev–Trinajstić information content (AvgIpc) is 3.08. The molecule has 0 spiro atoms. The first-order valence-electron chi connectivity index (χ1n) is 10.7. The number of benzene rings is 3. The third-order valence-corrected chi connectivity index (χ3v) is 8.00. The minimum absolute atomic E-state index is 0.00376. The molecule has 0 aromatic heterocycles. The number of hydrogen-bond donors (Lipinski definition) is 0. The van der Waals surface area contributed by atoms with E-state index in [0.29, 0.717) is 5.69 Å². The SMILES string of the molecule is CC12c3ccccc3C(C)(c3ccccc31)[C@H]1C(=O)N(c3ccc(C(=O)[O-])cc3)C(=O)[C@@H]12. The number of carbonyl (C=O) groups excluding carboxylic acids is 3. The molecule has 32 heavy (non-hydrogen) atoms. The van der Waals surface area contributed by atoms with Gasteiger partial charge in [0.2, 0.25) is 11.8 Å². The van der Waals surface area contributed by atoms with Crippen LogP contribution < -0.4 is 10.0 Å². The van der Waals surface area contributed by atoms with Crippen LogP contribution in [0.3, 0.4) is 0 Å². The van der Waals surface area contributed by atoms with Gasteiger partial charge in [-0.2, -0.15) is 0 Å². The van der Waals surface area contributed by atoms with E-state index < -0.39 is 28.6 Å². The van der Waals surface area contributed by atoms with Crippen LogP contribution in [0.5, 0.6) is 0 Å². The fourth-order valence-electron chi connectivity index (χ4n) is 6.57. The van der Waals surface area contributed by atoms with Gasteiger partial charge in [0.25, 0.3) is 0 Å². The van der Waals surface area contributed by atoms with Gasteiger partial charge in [-0.15, -0.1) is 0 Å². The first-order valence-corrected chi connectivity index (χ1v) is 10.7. The Morgan fingerprint density at radius 1 is 0.719 bits per heavy atom. The van der Waals surface area contributed by atoms with Crippen LogP contribution in [0.4, 0.5) is 5.69 Å². The van der Waals surface area contributed by atoms with Crippen molar-refractivity contribution >= 4 is 23.5 Å².